The quantitative estimate of drug-likeness (QED) is 0.275. The maximum atomic E-state index is 16.6. The van der Waals surface area contributed by atoms with E-state index in [9.17, 15) is 0 Å². The van der Waals surface area contributed by atoms with Gasteiger partial charge in [0.05, 0.1) is 10.9 Å². The molecule has 3 fully saturated rings. The van der Waals surface area contributed by atoms with E-state index >= 15 is 8.78 Å². The zero-order valence-corrected chi connectivity index (χ0v) is 23.8. The van der Waals surface area contributed by atoms with Crippen LogP contribution >= 0.6 is 0 Å². The van der Waals surface area contributed by atoms with Gasteiger partial charge in [0.25, 0.3) is 0 Å². The number of fused-ring (bicyclic) bond motifs is 3. The van der Waals surface area contributed by atoms with Crippen LogP contribution in [0.1, 0.15) is 50.3 Å². The molecule has 9 nitrogen and oxygen atoms in total. The lowest BCUT2D eigenvalue weighted by molar-refractivity contribution is 0.108. The molecule has 0 radical (unpaired) electrons. The number of ether oxygens (including phenoxy) is 1. The van der Waals surface area contributed by atoms with Crippen molar-refractivity contribution >= 4 is 27.5 Å². The van der Waals surface area contributed by atoms with Gasteiger partial charge in [-0.3, -0.25) is 15.0 Å². The van der Waals surface area contributed by atoms with Gasteiger partial charge in [-0.05, 0) is 63.1 Å². The van der Waals surface area contributed by atoms with E-state index in [1.165, 1.54) is 12.4 Å². The number of rotatable bonds is 6. The molecule has 1 N–H and O–H groups in total. The lowest BCUT2D eigenvalue weighted by Crippen LogP contribution is -2.43. The average Bonchev–Trinajstić information content (AvgIpc) is 3.79. The van der Waals surface area contributed by atoms with Crippen molar-refractivity contribution in [2.75, 3.05) is 37.7 Å². The molecule has 43 heavy (non-hydrogen) atoms. The predicted octanol–water partition coefficient (Wildman–Crippen LogP) is 5.63. The number of hydrogen-bond acceptors (Lipinski definition) is 8. The number of benzene rings is 2. The van der Waals surface area contributed by atoms with E-state index < -0.39 is 11.6 Å². The molecule has 0 saturated carbocycles. The highest BCUT2D eigenvalue weighted by Gasteiger charge is 2.45. The molecule has 0 spiro atoms. The summed E-state index contributed by atoms with van der Waals surface area (Å²) in [7, 11) is 0. The molecular formula is C32H32F2N8O. The Labute approximate surface area is 247 Å². The molecule has 0 amide bonds. The monoisotopic (exact) mass is 582 g/mol. The zero-order chi connectivity index (χ0) is 29.0. The van der Waals surface area contributed by atoms with Gasteiger partial charge in [-0.15, -0.1) is 0 Å². The average molecular weight is 583 g/mol. The van der Waals surface area contributed by atoms with Crippen molar-refractivity contribution in [3.05, 3.63) is 66.4 Å². The first-order valence-electron chi connectivity index (χ1n) is 15.1. The van der Waals surface area contributed by atoms with Crippen molar-refractivity contribution in [1.82, 2.24) is 35.0 Å². The summed E-state index contributed by atoms with van der Waals surface area (Å²) in [5.74, 6) is 0.493. The largest absolute Gasteiger partial charge is 0.461 e. The number of piperidine rings is 1. The van der Waals surface area contributed by atoms with Crippen molar-refractivity contribution < 1.29 is 13.5 Å². The van der Waals surface area contributed by atoms with Gasteiger partial charge < -0.3 is 9.64 Å². The van der Waals surface area contributed by atoms with Crippen molar-refractivity contribution in [1.29, 1.82) is 0 Å². The Morgan fingerprint density at radius 2 is 1.81 bits per heavy atom. The molecule has 1 unspecified atom stereocenters. The van der Waals surface area contributed by atoms with E-state index in [-0.39, 0.29) is 28.7 Å². The molecule has 8 rings (SSSR count). The van der Waals surface area contributed by atoms with E-state index in [4.69, 9.17) is 9.72 Å². The van der Waals surface area contributed by atoms with E-state index in [0.717, 1.165) is 64.0 Å². The van der Waals surface area contributed by atoms with Gasteiger partial charge in [0.1, 0.15) is 41.6 Å². The van der Waals surface area contributed by atoms with Gasteiger partial charge in [0, 0.05) is 36.2 Å². The summed E-state index contributed by atoms with van der Waals surface area (Å²) >= 11 is 0. The molecule has 3 aliphatic heterocycles. The van der Waals surface area contributed by atoms with E-state index in [1.54, 1.807) is 24.4 Å². The first kappa shape index (κ1) is 26.4. The normalized spacial score (nSPS) is 20.2. The topological polar surface area (TPSA) is 96.0 Å². The minimum atomic E-state index is -0.618. The fourth-order valence-electron chi connectivity index (χ4n) is 7.47. The van der Waals surface area contributed by atoms with Crippen LogP contribution in [0.25, 0.3) is 32.9 Å². The maximum absolute atomic E-state index is 16.6. The fraction of sp³-hybridized carbons (Fsp3) is 0.406. The number of aromatic amines is 1. The summed E-state index contributed by atoms with van der Waals surface area (Å²) in [6, 6.07) is 10.3. The SMILES string of the molecule is Fc1c(-c2cccc3cccc(F)c23)ncc2c(N3CCCC(c4ncn[nH]4)C3)nc(OCC34CCCN3CCC4)nc12. The summed E-state index contributed by atoms with van der Waals surface area (Å²) in [4.78, 5) is 23.1. The maximum Gasteiger partial charge on any atom is 0.319 e. The molecule has 0 bridgehead atoms. The van der Waals surface area contributed by atoms with Gasteiger partial charge in [0.2, 0.25) is 0 Å². The van der Waals surface area contributed by atoms with Gasteiger partial charge in [-0.25, -0.2) is 13.8 Å². The van der Waals surface area contributed by atoms with Crippen LogP contribution in [0.15, 0.2) is 48.9 Å². The summed E-state index contributed by atoms with van der Waals surface area (Å²) in [5, 5.41) is 8.53. The molecule has 0 aliphatic carbocycles. The number of aromatic nitrogens is 6. The Bertz CT molecular complexity index is 1800. The summed E-state index contributed by atoms with van der Waals surface area (Å²) in [5.41, 5.74) is 0.539. The Morgan fingerprint density at radius 1 is 0.977 bits per heavy atom. The van der Waals surface area contributed by atoms with Crippen molar-refractivity contribution in [3.8, 4) is 17.3 Å². The highest BCUT2D eigenvalue weighted by Crippen LogP contribution is 2.40. The van der Waals surface area contributed by atoms with Crippen LogP contribution in [-0.2, 0) is 0 Å². The molecule has 3 aromatic heterocycles. The van der Waals surface area contributed by atoms with E-state index in [0.29, 0.717) is 40.7 Å². The Morgan fingerprint density at radius 3 is 2.63 bits per heavy atom. The van der Waals surface area contributed by atoms with Crippen LogP contribution in [0.4, 0.5) is 14.6 Å². The van der Waals surface area contributed by atoms with Gasteiger partial charge in [-0.2, -0.15) is 15.1 Å². The number of H-pyrrole nitrogens is 1. The Hall–Kier alpha value is -4.25. The lowest BCUT2D eigenvalue weighted by atomic mass is 9.95. The molecule has 1 atom stereocenters. The molecule has 220 valence electrons. The van der Waals surface area contributed by atoms with Gasteiger partial charge >= 0.3 is 6.01 Å². The minimum Gasteiger partial charge on any atom is -0.461 e. The summed E-state index contributed by atoms with van der Waals surface area (Å²) < 4.78 is 38.0. The number of hydrogen-bond donors (Lipinski definition) is 1. The molecule has 2 aromatic carbocycles. The second kappa shape index (κ2) is 10.5. The number of halogens is 2. The number of nitrogens with zero attached hydrogens (tertiary/aromatic N) is 7. The van der Waals surface area contributed by atoms with Crippen molar-refractivity contribution in [3.63, 3.8) is 0 Å². The highest BCUT2D eigenvalue weighted by molar-refractivity contribution is 5.99. The third-order valence-corrected chi connectivity index (χ3v) is 9.57. The Kier molecular flexibility index (Phi) is 6.43. The molecule has 5 aromatic rings. The molecular weight excluding hydrogens is 550 g/mol. The second-order valence-corrected chi connectivity index (χ2v) is 12.0. The lowest BCUT2D eigenvalue weighted by Gasteiger charge is -2.34. The van der Waals surface area contributed by atoms with E-state index in [2.05, 4.69) is 34.9 Å². The van der Waals surface area contributed by atoms with E-state index in [1.807, 2.05) is 12.1 Å². The highest BCUT2D eigenvalue weighted by atomic mass is 19.1. The van der Waals surface area contributed by atoms with Crippen LogP contribution in [0.3, 0.4) is 0 Å². The molecule has 11 heteroatoms. The Balaban J connectivity index is 1.24. The molecule has 6 heterocycles. The van der Waals surface area contributed by atoms with Crippen LogP contribution in [0.2, 0.25) is 0 Å². The predicted molar refractivity (Wildman–Crippen MR) is 159 cm³/mol. The summed E-state index contributed by atoms with van der Waals surface area (Å²) in [6.07, 6.45) is 9.45. The molecule has 3 saturated heterocycles. The summed E-state index contributed by atoms with van der Waals surface area (Å²) in [6.45, 7) is 4.00. The molecule has 3 aliphatic rings. The first-order valence-corrected chi connectivity index (χ1v) is 15.1. The van der Waals surface area contributed by atoms with Crippen LogP contribution in [0, 0.1) is 11.6 Å². The second-order valence-electron chi connectivity index (χ2n) is 12.0. The van der Waals surface area contributed by atoms with Gasteiger partial charge in [0.15, 0.2) is 5.82 Å². The number of nitrogens with one attached hydrogen (secondary N) is 1. The standard InChI is InChI=1S/C32H32F2N8O/c33-24-10-2-7-20-6-1-9-22(25(20)24)27-26(34)28-23(16-35-27)30(41-13-3-8-21(17-41)29-36-19-37-40-29)39-31(38-28)43-18-32-11-4-14-42(32)15-5-12-32/h1-2,6-7,9-10,16,19,21H,3-5,8,11-15,17-18H2,(H,36,37,40). The first-order chi connectivity index (χ1) is 21.1. The zero-order valence-electron chi connectivity index (χ0n) is 23.8. The minimum absolute atomic E-state index is 0.0105. The van der Waals surface area contributed by atoms with Gasteiger partial charge in [-0.1, -0.05) is 30.3 Å². The third-order valence-electron chi connectivity index (χ3n) is 9.57. The number of anilines is 1. The fourth-order valence-corrected chi connectivity index (χ4v) is 7.47. The van der Waals surface area contributed by atoms with Crippen LogP contribution in [-0.4, -0.2) is 73.4 Å². The van der Waals surface area contributed by atoms with Crippen LogP contribution < -0.4 is 9.64 Å². The smallest absolute Gasteiger partial charge is 0.319 e. The van der Waals surface area contributed by atoms with Crippen LogP contribution in [0.5, 0.6) is 6.01 Å². The van der Waals surface area contributed by atoms with Crippen molar-refractivity contribution in [2.24, 2.45) is 0 Å². The number of pyridine rings is 1. The van der Waals surface area contributed by atoms with Crippen molar-refractivity contribution in [2.45, 2.75) is 50.0 Å². The third kappa shape index (κ3) is 4.48.